The molecule has 19 heavy (non-hydrogen) atoms. The number of likely N-dealkylation sites (N-methyl/N-ethyl adjacent to an activating group) is 1. The Bertz CT molecular complexity index is 342. The van der Waals surface area contributed by atoms with Gasteiger partial charge in [0, 0.05) is 39.1 Å². The summed E-state index contributed by atoms with van der Waals surface area (Å²) in [5, 5.41) is 0. The Balaban J connectivity index is 2.59. The lowest BCUT2D eigenvalue weighted by atomic mass is 10.2. The van der Waals surface area contributed by atoms with Crippen molar-refractivity contribution in [2.75, 3.05) is 27.2 Å². The van der Waals surface area contributed by atoms with Gasteiger partial charge in [0.05, 0.1) is 6.04 Å². The van der Waals surface area contributed by atoms with Gasteiger partial charge in [-0.25, -0.2) is 4.79 Å². The van der Waals surface area contributed by atoms with E-state index in [9.17, 15) is 9.59 Å². The van der Waals surface area contributed by atoms with Crippen LogP contribution in [-0.4, -0.2) is 65.9 Å². The maximum Gasteiger partial charge on any atom is 0.320 e. The topological polar surface area (TPSA) is 43.9 Å². The summed E-state index contributed by atoms with van der Waals surface area (Å²) in [6, 6.07) is 0.347. The summed E-state index contributed by atoms with van der Waals surface area (Å²) < 4.78 is 0. The Hall–Kier alpha value is -1.26. The van der Waals surface area contributed by atoms with Crippen LogP contribution in [0.3, 0.4) is 0 Å². The Morgan fingerprint density at radius 3 is 2.21 bits per heavy atom. The number of hydrogen-bond acceptors (Lipinski definition) is 2. The van der Waals surface area contributed by atoms with Crippen LogP contribution in [-0.2, 0) is 4.79 Å². The molecule has 1 unspecified atom stereocenters. The van der Waals surface area contributed by atoms with E-state index < -0.39 is 0 Å². The van der Waals surface area contributed by atoms with Crippen LogP contribution in [0.15, 0.2) is 0 Å². The van der Waals surface area contributed by atoms with E-state index in [-0.39, 0.29) is 29.9 Å². The van der Waals surface area contributed by atoms with Crippen molar-refractivity contribution in [3.05, 3.63) is 0 Å². The summed E-state index contributed by atoms with van der Waals surface area (Å²) in [4.78, 5) is 29.5. The molecule has 5 heteroatoms. The molecule has 0 radical (unpaired) electrons. The van der Waals surface area contributed by atoms with Gasteiger partial charge in [0.2, 0.25) is 5.91 Å². The molecular formula is C14H27N3O2. The number of hydrogen-bond donors (Lipinski definition) is 0. The van der Waals surface area contributed by atoms with E-state index in [1.54, 1.807) is 9.80 Å². The number of nitrogens with zero attached hydrogens (tertiary/aromatic N) is 3. The highest BCUT2D eigenvalue weighted by molar-refractivity contribution is 5.79. The second-order valence-corrected chi connectivity index (χ2v) is 5.98. The third-order valence-electron chi connectivity index (χ3n) is 3.89. The highest BCUT2D eigenvalue weighted by Crippen LogP contribution is 2.18. The largest absolute Gasteiger partial charge is 0.340 e. The maximum absolute atomic E-state index is 12.2. The van der Waals surface area contributed by atoms with E-state index in [2.05, 4.69) is 0 Å². The van der Waals surface area contributed by atoms with Crippen molar-refractivity contribution in [2.24, 2.45) is 5.92 Å². The molecule has 0 saturated carbocycles. The smallest absolute Gasteiger partial charge is 0.320 e. The average Bonchev–Trinajstić information content (AvgIpc) is 2.84. The zero-order valence-electron chi connectivity index (χ0n) is 13.0. The van der Waals surface area contributed by atoms with Gasteiger partial charge in [-0.05, 0) is 20.3 Å². The number of likely N-dealkylation sites (tertiary alicyclic amines) is 1. The second kappa shape index (κ2) is 6.26. The molecule has 1 atom stereocenters. The minimum Gasteiger partial charge on any atom is -0.340 e. The van der Waals surface area contributed by atoms with Gasteiger partial charge in [0.1, 0.15) is 0 Å². The molecule has 0 aromatic rings. The number of urea groups is 1. The minimum absolute atomic E-state index is 0.0260. The van der Waals surface area contributed by atoms with Crippen LogP contribution in [0.4, 0.5) is 4.79 Å². The van der Waals surface area contributed by atoms with E-state index in [0.717, 1.165) is 13.0 Å². The number of carbonyl (C=O) groups excluding carboxylic acids is 2. The fourth-order valence-corrected chi connectivity index (χ4v) is 2.25. The van der Waals surface area contributed by atoms with Gasteiger partial charge >= 0.3 is 6.03 Å². The van der Waals surface area contributed by atoms with Crippen LogP contribution >= 0.6 is 0 Å². The molecule has 3 amide bonds. The average molecular weight is 269 g/mol. The van der Waals surface area contributed by atoms with E-state index in [1.165, 1.54) is 0 Å². The molecule has 1 rings (SSSR count). The predicted octanol–water partition coefficient (Wildman–Crippen LogP) is 1.64. The van der Waals surface area contributed by atoms with Gasteiger partial charge in [-0.2, -0.15) is 0 Å². The molecule has 1 aliphatic rings. The van der Waals surface area contributed by atoms with Crippen molar-refractivity contribution < 1.29 is 9.59 Å². The molecule has 0 spiro atoms. The second-order valence-electron chi connectivity index (χ2n) is 5.98. The molecule has 0 aromatic heterocycles. The van der Waals surface area contributed by atoms with Crippen LogP contribution in [0.5, 0.6) is 0 Å². The third kappa shape index (κ3) is 3.61. The van der Waals surface area contributed by atoms with Gasteiger partial charge in [0.25, 0.3) is 0 Å². The Kier molecular flexibility index (Phi) is 5.20. The lowest BCUT2D eigenvalue weighted by Gasteiger charge is -2.31. The maximum atomic E-state index is 12.2. The first kappa shape index (κ1) is 15.8. The normalized spacial score (nSPS) is 19.2. The molecule has 1 aliphatic heterocycles. The van der Waals surface area contributed by atoms with Gasteiger partial charge in [-0.1, -0.05) is 13.8 Å². The summed E-state index contributed by atoms with van der Waals surface area (Å²) >= 11 is 0. The molecule has 0 N–H and O–H groups in total. The molecule has 110 valence electrons. The van der Waals surface area contributed by atoms with Crippen LogP contribution in [0.1, 0.15) is 34.1 Å². The minimum atomic E-state index is 0.0260. The lowest BCUT2D eigenvalue weighted by molar-refractivity contribution is -0.133. The number of carbonyl (C=O) groups is 2. The molecule has 1 saturated heterocycles. The van der Waals surface area contributed by atoms with Gasteiger partial charge in [-0.3, -0.25) is 4.79 Å². The molecular weight excluding hydrogens is 242 g/mol. The van der Waals surface area contributed by atoms with E-state index >= 15 is 0 Å². The summed E-state index contributed by atoms with van der Waals surface area (Å²) in [6.07, 6.45) is 0.868. The molecule has 0 bridgehead atoms. The van der Waals surface area contributed by atoms with E-state index in [4.69, 9.17) is 0 Å². The summed E-state index contributed by atoms with van der Waals surface area (Å²) in [5.74, 6) is 0.207. The summed E-state index contributed by atoms with van der Waals surface area (Å²) in [6.45, 7) is 9.23. The zero-order chi connectivity index (χ0) is 14.7. The first-order valence-corrected chi connectivity index (χ1v) is 7.04. The SMILES string of the molecule is CC(C)C(=O)N1CCC(N(C)C(=O)N(C)C(C)C)C1. The number of rotatable bonds is 3. The summed E-state index contributed by atoms with van der Waals surface area (Å²) in [7, 11) is 3.64. The number of amides is 3. The fourth-order valence-electron chi connectivity index (χ4n) is 2.25. The van der Waals surface area contributed by atoms with Crippen LogP contribution in [0.25, 0.3) is 0 Å². The van der Waals surface area contributed by atoms with E-state index in [1.807, 2.05) is 46.7 Å². The van der Waals surface area contributed by atoms with Crippen molar-refractivity contribution in [1.29, 1.82) is 0 Å². The van der Waals surface area contributed by atoms with Gasteiger partial charge < -0.3 is 14.7 Å². The van der Waals surface area contributed by atoms with Crippen molar-refractivity contribution in [2.45, 2.75) is 46.2 Å². The monoisotopic (exact) mass is 269 g/mol. The molecule has 0 aromatic carbocycles. The van der Waals surface area contributed by atoms with Crippen LogP contribution < -0.4 is 0 Å². The van der Waals surface area contributed by atoms with Gasteiger partial charge in [0.15, 0.2) is 0 Å². The standard InChI is InChI=1S/C14H27N3O2/c1-10(2)13(18)17-8-7-12(9-17)16(6)14(19)15(5)11(3)4/h10-12H,7-9H2,1-6H3. The fraction of sp³-hybridized carbons (Fsp3) is 0.857. The highest BCUT2D eigenvalue weighted by Gasteiger charge is 2.32. The molecule has 5 nitrogen and oxygen atoms in total. The zero-order valence-corrected chi connectivity index (χ0v) is 13.0. The Labute approximate surface area is 116 Å². The Morgan fingerprint density at radius 2 is 1.74 bits per heavy atom. The third-order valence-corrected chi connectivity index (χ3v) is 3.89. The van der Waals surface area contributed by atoms with Gasteiger partial charge in [-0.15, -0.1) is 0 Å². The highest BCUT2D eigenvalue weighted by atomic mass is 16.2. The molecule has 1 heterocycles. The lowest BCUT2D eigenvalue weighted by Crippen LogP contribution is -2.48. The summed E-state index contributed by atoms with van der Waals surface area (Å²) in [5.41, 5.74) is 0. The Morgan fingerprint density at radius 1 is 1.16 bits per heavy atom. The van der Waals surface area contributed by atoms with Crippen molar-refractivity contribution >= 4 is 11.9 Å². The van der Waals surface area contributed by atoms with Crippen molar-refractivity contribution in [1.82, 2.24) is 14.7 Å². The van der Waals surface area contributed by atoms with Crippen molar-refractivity contribution in [3.63, 3.8) is 0 Å². The molecule has 0 aliphatic carbocycles. The molecule has 1 fully saturated rings. The predicted molar refractivity (Wildman–Crippen MR) is 75.9 cm³/mol. The van der Waals surface area contributed by atoms with Crippen LogP contribution in [0, 0.1) is 5.92 Å². The van der Waals surface area contributed by atoms with Crippen molar-refractivity contribution in [3.8, 4) is 0 Å². The quantitative estimate of drug-likeness (QED) is 0.781. The first-order chi connectivity index (χ1) is 8.75. The first-order valence-electron chi connectivity index (χ1n) is 7.04. The van der Waals surface area contributed by atoms with E-state index in [0.29, 0.717) is 6.54 Å². The van der Waals surface area contributed by atoms with Crippen LogP contribution in [0.2, 0.25) is 0 Å².